The second-order valence-corrected chi connectivity index (χ2v) is 3.69. The Kier molecular flexibility index (Phi) is 2.87. The van der Waals surface area contributed by atoms with E-state index in [1.165, 1.54) is 24.3 Å². The molecule has 0 aliphatic carbocycles. The van der Waals surface area contributed by atoms with Crippen molar-refractivity contribution in [3.05, 3.63) is 24.3 Å². The first-order valence-electron chi connectivity index (χ1n) is 3.71. The van der Waals surface area contributed by atoms with Crippen LogP contribution in [-0.2, 0) is 10.2 Å². The highest BCUT2D eigenvalue weighted by atomic mass is 32.3. The predicted octanol–water partition coefficient (Wildman–Crippen LogP) is 1.74. The summed E-state index contributed by atoms with van der Waals surface area (Å²) in [5, 5.41) is 0. The summed E-state index contributed by atoms with van der Waals surface area (Å²) in [6, 6.07) is 5.16. The maximum Gasteiger partial charge on any atom is 0.332 e. The van der Waals surface area contributed by atoms with Crippen LogP contribution in [0, 0.1) is 0 Å². The van der Waals surface area contributed by atoms with Gasteiger partial charge in [0.25, 0.3) is 0 Å². The van der Waals surface area contributed by atoms with E-state index in [2.05, 4.69) is 0 Å². The fourth-order valence-electron chi connectivity index (χ4n) is 0.865. The summed E-state index contributed by atoms with van der Waals surface area (Å²) >= 11 is 0. The molecular formula is C8H9FO3S. The van der Waals surface area contributed by atoms with Gasteiger partial charge in [0.2, 0.25) is 0 Å². The number of halogens is 1. The molecule has 0 amide bonds. The van der Waals surface area contributed by atoms with Gasteiger partial charge in [-0.25, -0.2) is 0 Å². The van der Waals surface area contributed by atoms with Crippen molar-refractivity contribution >= 4 is 10.2 Å². The minimum absolute atomic E-state index is 0.351. The van der Waals surface area contributed by atoms with Gasteiger partial charge in [-0.2, -0.15) is 8.42 Å². The number of rotatable bonds is 3. The van der Waals surface area contributed by atoms with Crippen molar-refractivity contribution in [2.45, 2.75) is 11.8 Å². The lowest BCUT2D eigenvalue weighted by Gasteiger charge is -2.01. The predicted molar refractivity (Wildman–Crippen MR) is 45.9 cm³/mol. The molecule has 1 aromatic rings. The van der Waals surface area contributed by atoms with Crippen molar-refractivity contribution in [2.24, 2.45) is 0 Å². The van der Waals surface area contributed by atoms with Crippen LogP contribution in [0.5, 0.6) is 5.75 Å². The van der Waals surface area contributed by atoms with Crippen LogP contribution >= 0.6 is 0 Å². The van der Waals surface area contributed by atoms with Crippen LogP contribution in [0.3, 0.4) is 0 Å². The summed E-state index contributed by atoms with van der Waals surface area (Å²) in [4.78, 5) is -0.351. The Morgan fingerprint density at radius 3 is 2.23 bits per heavy atom. The van der Waals surface area contributed by atoms with E-state index < -0.39 is 10.2 Å². The van der Waals surface area contributed by atoms with Crippen LogP contribution in [-0.4, -0.2) is 15.0 Å². The number of hydrogen-bond donors (Lipinski definition) is 0. The average molecular weight is 204 g/mol. The van der Waals surface area contributed by atoms with Crippen LogP contribution in [0.4, 0.5) is 3.89 Å². The zero-order chi connectivity index (χ0) is 9.90. The molecule has 5 heteroatoms. The molecule has 0 saturated carbocycles. The van der Waals surface area contributed by atoms with Gasteiger partial charge in [0.05, 0.1) is 11.5 Å². The Morgan fingerprint density at radius 2 is 1.85 bits per heavy atom. The minimum Gasteiger partial charge on any atom is -0.494 e. The molecule has 0 bridgehead atoms. The summed E-state index contributed by atoms with van der Waals surface area (Å²) < 4.78 is 38.2. The van der Waals surface area contributed by atoms with Gasteiger partial charge in [0, 0.05) is 0 Å². The van der Waals surface area contributed by atoms with Crippen molar-refractivity contribution in [1.29, 1.82) is 0 Å². The van der Waals surface area contributed by atoms with E-state index in [1.807, 2.05) is 0 Å². The van der Waals surface area contributed by atoms with Gasteiger partial charge < -0.3 is 4.74 Å². The van der Waals surface area contributed by atoms with Crippen molar-refractivity contribution < 1.29 is 17.0 Å². The lowest BCUT2D eigenvalue weighted by atomic mass is 10.3. The van der Waals surface area contributed by atoms with Crippen LogP contribution in [0.15, 0.2) is 29.2 Å². The van der Waals surface area contributed by atoms with Gasteiger partial charge in [-0.1, -0.05) is 0 Å². The summed E-state index contributed by atoms with van der Waals surface area (Å²) in [6.07, 6.45) is 0. The highest BCUT2D eigenvalue weighted by Gasteiger charge is 2.10. The zero-order valence-corrected chi connectivity index (χ0v) is 7.84. The molecule has 0 N–H and O–H groups in total. The zero-order valence-electron chi connectivity index (χ0n) is 7.03. The highest BCUT2D eigenvalue weighted by molar-refractivity contribution is 7.86. The molecule has 0 aliphatic heterocycles. The summed E-state index contributed by atoms with van der Waals surface area (Å²) in [6.45, 7) is 2.29. The van der Waals surface area contributed by atoms with Gasteiger partial charge in [-0.15, -0.1) is 3.89 Å². The van der Waals surface area contributed by atoms with Crippen molar-refractivity contribution in [2.75, 3.05) is 6.61 Å². The molecule has 0 unspecified atom stereocenters. The molecule has 0 aromatic heterocycles. The Morgan fingerprint density at radius 1 is 1.31 bits per heavy atom. The van der Waals surface area contributed by atoms with E-state index in [-0.39, 0.29) is 4.90 Å². The molecule has 72 valence electrons. The minimum atomic E-state index is -4.59. The molecule has 3 nitrogen and oxygen atoms in total. The van der Waals surface area contributed by atoms with Crippen LogP contribution in [0.2, 0.25) is 0 Å². The lowest BCUT2D eigenvalue weighted by molar-refractivity contribution is 0.340. The van der Waals surface area contributed by atoms with E-state index in [0.717, 1.165) is 0 Å². The second-order valence-electron chi connectivity index (χ2n) is 2.34. The standard InChI is InChI=1S/C8H9FO3S/c1-2-12-7-3-5-8(6-4-7)13(9,10)11/h3-6H,2H2,1H3. The Hall–Kier alpha value is -1.10. The number of hydrogen-bond acceptors (Lipinski definition) is 3. The maximum absolute atomic E-state index is 12.4. The van der Waals surface area contributed by atoms with Gasteiger partial charge in [-0.3, -0.25) is 0 Å². The first kappa shape index (κ1) is 9.98. The van der Waals surface area contributed by atoms with Crippen molar-refractivity contribution in [1.82, 2.24) is 0 Å². The van der Waals surface area contributed by atoms with Gasteiger partial charge >= 0.3 is 10.2 Å². The van der Waals surface area contributed by atoms with Crippen molar-refractivity contribution in [3.8, 4) is 5.75 Å². The Balaban J connectivity index is 2.94. The average Bonchev–Trinajstić information content (AvgIpc) is 2.04. The molecular weight excluding hydrogens is 195 g/mol. The van der Waals surface area contributed by atoms with Crippen molar-refractivity contribution in [3.63, 3.8) is 0 Å². The first-order valence-corrected chi connectivity index (χ1v) is 5.10. The molecule has 0 heterocycles. The van der Waals surface area contributed by atoms with E-state index >= 15 is 0 Å². The smallest absolute Gasteiger partial charge is 0.332 e. The Bertz CT molecular complexity index is 369. The second kappa shape index (κ2) is 3.74. The molecule has 0 radical (unpaired) electrons. The molecule has 0 saturated heterocycles. The summed E-state index contributed by atoms with van der Waals surface area (Å²) in [7, 11) is -4.59. The van der Waals surface area contributed by atoms with E-state index in [0.29, 0.717) is 12.4 Å². The highest BCUT2D eigenvalue weighted by Crippen LogP contribution is 2.17. The molecule has 1 rings (SSSR count). The largest absolute Gasteiger partial charge is 0.494 e. The van der Waals surface area contributed by atoms with Gasteiger partial charge in [0.1, 0.15) is 5.75 Å². The number of benzene rings is 1. The lowest BCUT2D eigenvalue weighted by Crippen LogP contribution is -1.94. The third-order valence-corrected chi connectivity index (χ3v) is 2.25. The SMILES string of the molecule is CCOc1ccc(S(=O)(=O)F)cc1. The normalized spacial score (nSPS) is 11.2. The van der Waals surface area contributed by atoms with Crippen LogP contribution < -0.4 is 4.74 Å². The van der Waals surface area contributed by atoms with Crippen LogP contribution in [0.25, 0.3) is 0 Å². The third kappa shape index (κ3) is 2.69. The third-order valence-electron chi connectivity index (χ3n) is 1.42. The summed E-state index contributed by atoms with van der Waals surface area (Å²) in [5.41, 5.74) is 0. The fraction of sp³-hybridized carbons (Fsp3) is 0.250. The van der Waals surface area contributed by atoms with Crippen LogP contribution in [0.1, 0.15) is 6.92 Å². The molecule has 0 fully saturated rings. The van der Waals surface area contributed by atoms with Gasteiger partial charge in [-0.05, 0) is 31.2 Å². The molecule has 0 aliphatic rings. The molecule has 1 aromatic carbocycles. The van der Waals surface area contributed by atoms with E-state index in [9.17, 15) is 12.3 Å². The number of ether oxygens (including phenoxy) is 1. The topological polar surface area (TPSA) is 43.4 Å². The fourth-order valence-corrected chi connectivity index (χ4v) is 1.33. The molecule has 0 spiro atoms. The molecule has 13 heavy (non-hydrogen) atoms. The maximum atomic E-state index is 12.4. The van der Waals surface area contributed by atoms with E-state index in [4.69, 9.17) is 4.74 Å². The molecule has 0 atom stereocenters. The monoisotopic (exact) mass is 204 g/mol. The Labute approximate surface area is 76.4 Å². The van der Waals surface area contributed by atoms with E-state index in [1.54, 1.807) is 6.92 Å². The summed E-state index contributed by atoms with van der Waals surface area (Å²) in [5.74, 6) is 0.523. The van der Waals surface area contributed by atoms with Gasteiger partial charge in [0.15, 0.2) is 0 Å². The first-order chi connectivity index (χ1) is 6.04. The quantitative estimate of drug-likeness (QED) is 0.704.